The largest absolute Gasteiger partial charge is 0.394 e. The van der Waals surface area contributed by atoms with Crippen LogP contribution in [0.25, 0.3) is 0 Å². The third-order valence-corrected chi connectivity index (χ3v) is 3.83. The van der Waals surface area contributed by atoms with Gasteiger partial charge in [-0.3, -0.25) is 0 Å². The van der Waals surface area contributed by atoms with Crippen molar-refractivity contribution in [1.29, 1.82) is 0 Å². The number of rotatable bonds is 2. The fraction of sp³-hybridized carbons (Fsp3) is 0.556. The predicted octanol–water partition coefficient (Wildman–Crippen LogP) is 1.85. The fourth-order valence-corrected chi connectivity index (χ4v) is 2.41. The first-order valence-electron chi connectivity index (χ1n) is 4.77. The second-order valence-corrected chi connectivity index (χ2v) is 4.63. The molecule has 82 valence electrons. The van der Waals surface area contributed by atoms with Crippen molar-refractivity contribution >= 4 is 33.3 Å². The van der Waals surface area contributed by atoms with Crippen LogP contribution in [0.5, 0.6) is 0 Å². The molecule has 1 aromatic heterocycles. The summed E-state index contributed by atoms with van der Waals surface area (Å²) in [6.07, 6.45) is 3.50. The van der Waals surface area contributed by atoms with E-state index < -0.39 is 0 Å². The zero-order chi connectivity index (χ0) is 10.8. The van der Waals surface area contributed by atoms with E-state index in [0.29, 0.717) is 9.63 Å². The maximum Gasteiger partial charge on any atom is 0.148 e. The summed E-state index contributed by atoms with van der Waals surface area (Å²) in [5.41, 5.74) is 0. The van der Waals surface area contributed by atoms with E-state index in [0.717, 1.165) is 25.2 Å². The van der Waals surface area contributed by atoms with Gasteiger partial charge >= 0.3 is 0 Å². The highest BCUT2D eigenvalue weighted by Gasteiger charge is 2.27. The molecule has 15 heavy (non-hydrogen) atoms. The summed E-state index contributed by atoms with van der Waals surface area (Å²) in [5.74, 6) is 0.770. The SMILES string of the molecule is OCC1CCCN1c1ncnc(Cl)c1Br. The van der Waals surface area contributed by atoms with Crippen molar-refractivity contribution in [3.63, 3.8) is 0 Å². The van der Waals surface area contributed by atoms with Crippen LogP contribution >= 0.6 is 27.5 Å². The maximum absolute atomic E-state index is 9.22. The van der Waals surface area contributed by atoms with E-state index in [1.54, 1.807) is 0 Å². The lowest BCUT2D eigenvalue weighted by Crippen LogP contribution is -2.33. The van der Waals surface area contributed by atoms with E-state index >= 15 is 0 Å². The smallest absolute Gasteiger partial charge is 0.148 e. The molecule has 1 fully saturated rings. The molecular weight excluding hydrogens is 281 g/mol. The van der Waals surface area contributed by atoms with Gasteiger partial charge in [-0.15, -0.1) is 0 Å². The molecule has 0 aliphatic carbocycles. The molecule has 1 atom stereocenters. The van der Waals surface area contributed by atoms with Crippen molar-refractivity contribution < 1.29 is 5.11 Å². The monoisotopic (exact) mass is 291 g/mol. The van der Waals surface area contributed by atoms with Gasteiger partial charge in [0, 0.05) is 6.54 Å². The molecule has 0 bridgehead atoms. The van der Waals surface area contributed by atoms with E-state index in [2.05, 4.69) is 30.8 Å². The van der Waals surface area contributed by atoms with E-state index in [9.17, 15) is 5.11 Å². The Morgan fingerprint density at radius 3 is 3.13 bits per heavy atom. The van der Waals surface area contributed by atoms with Crippen LogP contribution in [0, 0.1) is 0 Å². The van der Waals surface area contributed by atoms with Crippen molar-refractivity contribution in [2.24, 2.45) is 0 Å². The van der Waals surface area contributed by atoms with E-state index in [1.807, 2.05) is 0 Å². The Labute approximate surface area is 101 Å². The number of nitrogens with zero attached hydrogens (tertiary/aromatic N) is 3. The number of aromatic nitrogens is 2. The lowest BCUT2D eigenvalue weighted by molar-refractivity contribution is 0.266. The van der Waals surface area contributed by atoms with Gasteiger partial charge in [0.05, 0.1) is 17.1 Å². The Morgan fingerprint density at radius 2 is 2.40 bits per heavy atom. The predicted molar refractivity (Wildman–Crippen MR) is 62.2 cm³/mol. The molecule has 4 nitrogen and oxygen atoms in total. The summed E-state index contributed by atoms with van der Waals surface area (Å²) in [6.45, 7) is 1.05. The molecular formula is C9H11BrClN3O. The second kappa shape index (κ2) is 4.63. The molecule has 1 saturated heterocycles. The van der Waals surface area contributed by atoms with E-state index in [4.69, 9.17) is 11.6 Å². The summed E-state index contributed by atoms with van der Waals surface area (Å²) >= 11 is 9.26. The maximum atomic E-state index is 9.22. The van der Waals surface area contributed by atoms with Gasteiger partial charge in [-0.05, 0) is 28.8 Å². The normalized spacial score (nSPS) is 21.0. The molecule has 1 N–H and O–H groups in total. The average molecular weight is 293 g/mol. The molecule has 0 saturated carbocycles. The van der Waals surface area contributed by atoms with Gasteiger partial charge in [0.15, 0.2) is 0 Å². The molecule has 2 heterocycles. The van der Waals surface area contributed by atoms with Gasteiger partial charge in [-0.1, -0.05) is 11.6 Å². The number of hydrogen-bond donors (Lipinski definition) is 1. The quantitative estimate of drug-likeness (QED) is 0.845. The molecule has 0 radical (unpaired) electrons. The lowest BCUT2D eigenvalue weighted by Gasteiger charge is -2.24. The van der Waals surface area contributed by atoms with Gasteiger partial charge in [-0.2, -0.15) is 0 Å². The van der Waals surface area contributed by atoms with Gasteiger partial charge < -0.3 is 10.0 Å². The molecule has 1 aliphatic heterocycles. The zero-order valence-corrected chi connectivity index (χ0v) is 10.4. The first-order valence-corrected chi connectivity index (χ1v) is 5.94. The Hall–Kier alpha value is -0.390. The number of hydrogen-bond acceptors (Lipinski definition) is 4. The van der Waals surface area contributed by atoms with Crippen LogP contribution in [0.2, 0.25) is 5.15 Å². The number of anilines is 1. The fourth-order valence-electron chi connectivity index (χ4n) is 1.84. The number of aliphatic hydroxyl groups excluding tert-OH is 1. The van der Waals surface area contributed by atoms with Gasteiger partial charge in [-0.25, -0.2) is 9.97 Å². The van der Waals surface area contributed by atoms with Crippen molar-refractivity contribution in [3.05, 3.63) is 16.0 Å². The van der Waals surface area contributed by atoms with Crippen molar-refractivity contribution in [2.45, 2.75) is 18.9 Å². The Bertz CT molecular complexity index is 363. The van der Waals surface area contributed by atoms with Crippen LogP contribution in [0.4, 0.5) is 5.82 Å². The standard InChI is InChI=1S/C9H11BrClN3O/c10-7-8(11)12-5-13-9(7)14-3-1-2-6(14)4-15/h5-6,15H,1-4H2. The minimum Gasteiger partial charge on any atom is -0.394 e. The van der Waals surface area contributed by atoms with Gasteiger partial charge in [0.25, 0.3) is 0 Å². The highest BCUT2D eigenvalue weighted by molar-refractivity contribution is 9.10. The highest BCUT2D eigenvalue weighted by Crippen LogP contribution is 2.33. The van der Waals surface area contributed by atoms with Crippen molar-refractivity contribution in [1.82, 2.24) is 9.97 Å². The molecule has 1 unspecified atom stereocenters. The first-order chi connectivity index (χ1) is 7.24. The molecule has 0 spiro atoms. The Kier molecular flexibility index (Phi) is 3.43. The van der Waals surface area contributed by atoms with E-state index in [1.165, 1.54) is 6.33 Å². The summed E-state index contributed by atoms with van der Waals surface area (Å²) in [7, 11) is 0. The Balaban J connectivity index is 2.32. The van der Waals surface area contributed by atoms with Gasteiger partial charge in [0.2, 0.25) is 0 Å². The molecule has 1 aromatic rings. The minimum atomic E-state index is 0.146. The second-order valence-electron chi connectivity index (χ2n) is 3.47. The third-order valence-electron chi connectivity index (χ3n) is 2.59. The minimum absolute atomic E-state index is 0.146. The highest BCUT2D eigenvalue weighted by atomic mass is 79.9. The van der Waals surface area contributed by atoms with Crippen LogP contribution in [0.1, 0.15) is 12.8 Å². The summed E-state index contributed by atoms with van der Waals surface area (Å²) in [4.78, 5) is 10.1. The van der Waals surface area contributed by atoms with Crippen molar-refractivity contribution in [2.75, 3.05) is 18.1 Å². The van der Waals surface area contributed by atoms with Gasteiger partial charge in [0.1, 0.15) is 17.3 Å². The van der Waals surface area contributed by atoms with Crippen LogP contribution in [-0.2, 0) is 0 Å². The van der Waals surface area contributed by atoms with Crippen LogP contribution in [-0.4, -0.2) is 34.3 Å². The average Bonchev–Trinajstić information content (AvgIpc) is 2.70. The molecule has 2 rings (SSSR count). The first kappa shape index (κ1) is 11.1. The molecule has 0 aromatic carbocycles. The number of halogens is 2. The van der Waals surface area contributed by atoms with E-state index in [-0.39, 0.29) is 12.6 Å². The summed E-state index contributed by atoms with van der Waals surface area (Å²) in [6, 6.07) is 0.146. The zero-order valence-electron chi connectivity index (χ0n) is 8.03. The van der Waals surface area contributed by atoms with Crippen LogP contribution in [0.3, 0.4) is 0 Å². The Morgan fingerprint density at radius 1 is 1.60 bits per heavy atom. The van der Waals surface area contributed by atoms with Crippen LogP contribution < -0.4 is 4.90 Å². The lowest BCUT2D eigenvalue weighted by atomic mass is 10.2. The summed E-state index contributed by atoms with van der Waals surface area (Å²) < 4.78 is 0.701. The summed E-state index contributed by atoms with van der Waals surface area (Å²) in [5, 5.41) is 9.63. The number of aliphatic hydroxyl groups is 1. The molecule has 1 aliphatic rings. The van der Waals surface area contributed by atoms with Crippen LogP contribution in [0.15, 0.2) is 10.8 Å². The third kappa shape index (κ3) is 2.09. The molecule has 0 amide bonds. The van der Waals surface area contributed by atoms with Crippen molar-refractivity contribution in [3.8, 4) is 0 Å². The topological polar surface area (TPSA) is 49.2 Å². The molecule has 6 heteroatoms.